The predicted molar refractivity (Wildman–Crippen MR) is 117 cm³/mol. The number of ether oxygens (including phenoxy) is 1. The van der Waals surface area contributed by atoms with Gasteiger partial charge >= 0.3 is 0 Å². The lowest BCUT2D eigenvalue weighted by atomic mass is 10.0. The van der Waals surface area contributed by atoms with E-state index in [9.17, 15) is 14.4 Å². The van der Waals surface area contributed by atoms with E-state index in [1.807, 2.05) is 4.90 Å². The van der Waals surface area contributed by atoms with E-state index in [2.05, 4.69) is 20.9 Å². The molecule has 0 aromatic carbocycles. The molecule has 0 saturated carbocycles. The predicted octanol–water partition coefficient (Wildman–Crippen LogP) is -3.73. The van der Waals surface area contributed by atoms with Crippen molar-refractivity contribution in [3.63, 3.8) is 0 Å². The molecule has 10 heteroatoms. The summed E-state index contributed by atoms with van der Waals surface area (Å²) >= 11 is 0. The van der Waals surface area contributed by atoms with Crippen molar-refractivity contribution >= 4 is 17.7 Å². The van der Waals surface area contributed by atoms with Crippen molar-refractivity contribution in [3.8, 4) is 0 Å². The van der Waals surface area contributed by atoms with Gasteiger partial charge < -0.3 is 30.5 Å². The van der Waals surface area contributed by atoms with Gasteiger partial charge in [0.2, 0.25) is 11.8 Å². The highest BCUT2D eigenvalue weighted by Gasteiger charge is 2.47. The Hall–Kier alpha value is -1.75. The van der Waals surface area contributed by atoms with E-state index < -0.39 is 0 Å². The molecule has 4 aliphatic heterocycles. The zero-order valence-electron chi connectivity index (χ0n) is 19.3. The largest absolute Gasteiger partial charge is 0.375 e. The van der Waals surface area contributed by atoms with E-state index >= 15 is 0 Å². The molecule has 0 spiro atoms. The second kappa shape index (κ2) is 10.9. The first-order valence-electron chi connectivity index (χ1n) is 12.3. The molecule has 3 amide bonds. The zero-order valence-corrected chi connectivity index (χ0v) is 19.3. The van der Waals surface area contributed by atoms with Gasteiger partial charge in [-0.15, -0.1) is 0 Å². The fourth-order valence-corrected chi connectivity index (χ4v) is 5.96. The molecule has 4 aliphatic rings. The number of amides is 3. The van der Waals surface area contributed by atoms with E-state index in [4.69, 9.17) is 4.74 Å². The van der Waals surface area contributed by atoms with Crippen LogP contribution in [0.1, 0.15) is 38.5 Å². The second-order valence-corrected chi connectivity index (χ2v) is 9.75. The van der Waals surface area contributed by atoms with Gasteiger partial charge in [0.15, 0.2) is 6.04 Å². The molecule has 4 rings (SSSR count). The molecule has 0 radical (unpaired) electrons. The summed E-state index contributed by atoms with van der Waals surface area (Å²) in [5.41, 5.74) is 0. The van der Waals surface area contributed by atoms with Crippen LogP contribution in [0.2, 0.25) is 0 Å². The minimum Gasteiger partial charge on any atom is -0.375 e. The van der Waals surface area contributed by atoms with Gasteiger partial charge in [0.25, 0.3) is 5.91 Å². The summed E-state index contributed by atoms with van der Waals surface area (Å²) < 4.78 is 4.89. The number of nitrogens with zero attached hydrogens (tertiary/aromatic N) is 2. The maximum absolute atomic E-state index is 12.9. The van der Waals surface area contributed by atoms with Crippen molar-refractivity contribution in [2.75, 3.05) is 59.5 Å². The average Bonchev–Trinajstić information content (AvgIpc) is 3.24. The van der Waals surface area contributed by atoms with Crippen LogP contribution < -0.4 is 20.9 Å². The van der Waals surface area contributed by atoms with Gasteiger partial charge in [-0.1, -0.05) is 0 Å². The molecule has 5 atom stereocenters. The summed E-state index contributed by atoms with van der Waals surface area (Å²) in [7, 11) is 1.50. The van der Waals surface area contributed by atoms with Crippen LogP contribution in [-0.4, -0.2) is 111 Å². The fourth-order valence-electron chi connectivity index (χ4n) is 5.96. The summed E-state index contributed by atoms with van der Waals surface area (Å²) in [6.07, 6.45) is 6.41. The number of methoxy groups -OCH3 is 1. The maximum atomic E-state index is 12.9. The molecule has 0 aliphatic carbocycles. The number of piperidine rings is 1. The Morgan fingerprint density at radius 2 is 2.06 bits per heavy atom. The first kappa shape index (κ1) is 23.4. The number of quaternary nitrogens is 2. The normalized spacial score (nSPS) is 33.5. The molecule has 32 heavy (non-hydrogen) atoms. The molecule has 5 N–H and O–H groups in total. The van der Waals surface area contributed by atoms with E-state index in [0.29, 0.717) is 25.6 Å². The fraction of sp³-hybridized carbons (Fsp3) is 0.864. The maximum Gasteiger partial charge on any atom is 0.278 e. The van der Waals surface area contributed by atoms with Gasteiger partial charge in [0.05, 0.1) is 25.7 Å². The molecular formula is C22H40N6O4+2. The van der Waals surface area contributed by atoms with Crippen LogP contribution in [0.4, 0.5) is 0 Å². The molecule has 10 nitrogen and oxygen atoms in total. The van der Waals surface area contributed by atoms with Gasteiger partial charge in [0.1, 0.15) is 18.8 Å². The molecule has 4 heterocycles. The van der Waals surface area contributed by atoms with Gasteiger partial charge in [-0.25, -0.2) is 0 Å². The Labute approximate surface area is 190 Å². The number of piperazine rings is 2. The van der Waals surface area contributed by atoms with Crippen LogP contribution >= 0.6 is 0 Å². The van der Waals surface area contributed by atoms with Gasteiger partial charge in [-0.05, 0) is 12.8 Å². The van der Waals surface area contributed by atoms with Crippen LogP contribution in [0.5, 0.6) is 0 Å². The summed E-state index contributed by atoms with van der Waals surface area (Å²) in [4.78, 5) is 42.9. The Kier molecular flexibility index (Phi) is 7.98. The Morgan fingerprint density at radius 3 is 2.78 bits per heavy atom. The van der Waals surface area contributed by atoms with Crippen molar-refractivity contribution in [2.24, 2.45) is 0 Å². The van der Waals surface area contributed by atoms with E-state index in [-0.39, 0.29) is 42.5 Å². The monoisotopic (exact) mass is 452 g/mol. The molecule has 0 aromatic heterocycles. The van der Waals surface area contributed by atoms with Crippen molar-refractivity contribution in [2.45, 2.75) is 62.8 Å². The number of nitrogens with one attached hydrogen (secondary N) is 3. The van der Waals surface area contributed by atoms with E-state index in [1.165, 1.54) is 37.8 Å². The standard InChI is InChI=1S/C22H38N6O4/c1-32-15-20(29)25-16-12-18-22(31)24-13-17(28(18)14-16)5-6-21(30)27-10-8-26(9-11-27)19-4-2-3-7-23-19/h16-19,23H,2-15H2,1H3,(H,24,31)(H,25,29)/p+2/t16-,17-,18+,19?/m1/s1. The third kappa shape index (κ3) is 5.59. The lowest BCUT2D eigenvalue weighted by molar-refractivity contribution is -0.930. The quantitative estimate of drug-likeness (QED) is 0.317. The van der Waals surface area contributed by atoms with Crippen molar-refractivity contribution in [1.82, 2.24) is 20.4 Å². The smallest absolute Gasteiger partial charge is 0.278 e. The van der Waals surface area contributed by atoms with Gasteiger partial charge in [-0.3, -0.25) is 19.3 Å². The highest BCUT2D eigenvalue weighted by atomic mass is 16.5. The first-order chi connectivity index (χ1) is 15.5. The van der Waals surface area contributed by atoms with Crippen LogP contribution in [0.3, 0.4) is 0 Å². The highest BCUT2D eigenvalue weighted by Crippen LogP contribution is 2.13. The SMILES string of the molecule is COCC(=O)N[C@@H]1C[C@H]2C(=O)NC[C@@H](CCC(=O)N3CCN(C4CCCC[NH2+]4)CC3)[NH+]2C1. The van der Waals surface area contributed by atoms with Crippen LogP contribution in [-0.2, 0) is 19.1 Å². The Balaban J connectivity index is 1.23. The van der Waals surface area contributed by atoms with Gasteiger partial charge in [-0.2, -0.15) is 0 Å². The number of rotatable bonds is 7. The number of carbonyl (C=O) groups is 3. The Bertz CT molecular complexity index is 677. The highest BCUT2D eigenvalue weighted by molar-refractivity contribution is 5.82. The summed E-state index contributed by atoms with van der Waals surface area (Å²) in [5, 5.41) is 8.45. The molecule has 180 valence electrons. The van der Waals surface area contributed by atoms with Crippen LogP contribution in [0.15, 0.2) is 0 Å². The van der Waals surface area contributed by atoms with Crippen molar-refractivity contribution in [3.05, 3.63) is 0 Å². The second-order valence-electron chi connectivity index (χ2n) is 9.75. The number of hydrogen-bond acceptors (Lipinski definition) is 5. The molecule has 0 bridgehead atoms. The first-order valence-corrected chi connectivity index (χ1v) is 12.3. The summed E-state index contributed by atoms with van der Waals surface area (Å²) in [6.45, 7) is 6.15. The topological polar surface area (TPSA) is 112 Å². The number of nitrogens with two attached hydrogens (primary N) is 1. The van der Waals surface area contributed by atoms with Gasteiger partial charge in [0, 0.05) is 59.0 Å². The van der Waals surface area contributed by atoms with Crippen LogP contribution in [0.25, 0.3) is 0 Å². The lowest BCUT2D eigenvalue weighted by Gasteiger charge is -2.39. The molecule has 4 fully saturated rings. The average molecular weight is 453 g/mol. The summed E-state index contributed by atoms with van der Waals surface area (Å²) in [5.74, 6) is 0.143. The molecular weight excluding hydrogens is 412 g/mol. The summed E-state index contributed by atoms with van der Waals surface area (Å²) in [6, 6.07) is 0.0421. The minimum atomic E-state index is -0.146. The Morgan fingerprint density at radius 1 is 1.25 bits per heavy atom. The van der Waals surface area contributed by atoms with E-state index in [1.54, 1.807) is 0 Å². The third-order valence-corrected chi connectivity index (χ3v) is 7.69. The van der Waals surface area contributed by atoms with Crippen molar-refractivity contribution in [1.29, 1.82) is 0 Å². The number of fused-ring (bicyclic) bond motifs is 1. The van der Waals surface area contributed by atoms with Crippen LogP contribution in [0, 0.1) is 0 Å². The molecule has 4 saturated heterocycles. The molecule has 0 aromatic rings. The number of carbonyl (C=O) groups excluding carboxylic acids is 3. The molecule has 2 unspecified atom stereocenters. The lowest BCUT2D eigenvalue weighted by Crippen LogP contribution is -3.21. The third-order valence-electron chi connectivity index (χ3n) is 7.69. The number of hydrogen-bond donors (Lipinski definition) is 4. The van der Waals surface area contributed by atoms with Crippen molar-refractivity contribution < 1.29 is 29.3 Å². The van der Waals surface area contributed by atoms with E-state index in [0.717, 1.165) is 39.1 Å². The minimum absolute atomic E-state index is 0.0237. The zero-order chi connectivity index (χ0) is 22.5.